The monoisotopic (exact) mass is 234 g/mol. The van der Waals surface area contributed by atoms with Gasteiger partial charge in [-0.25, -0.2) is 0 Å². The van der Waals surface area contributed by atoms with Gasteiger partial charge in [0.15, 0.2) is 0 Å². The number of carbonyl (C=O) groups is 1. The Hall–Kier alpha value is -1.55. The SMILES string of the molecule is CC(NCC1CC1)(C(N)=O)c1cccc(O)c1. The molecule has 1 aliphatic carbocycles. The van der Waals surface area contributed by atoms with Crippen LogP contribution in [0.3, 0.4) is 0 Å². The Bertz CT molecular complexity index is 429. The fraction of sp³-hybridized carbons (Fsp3) is 0.462. The molecular weight excluding hydrogens is 216 g/mol. The van der Waals surface area contributed by atoms with Crippen molar-refractivity contribution in [2.75, 3.05) is 6.54 Å². The lowest BCUT2D eigenvalue weighted by Gasteiger charge is -2.28. The van der Waals surface area contributed by atoms with Crippen LogP contribution in [0, 0.1) is 5.92 Å². The van der Waals surface area contributed by atoms with E-state index in [2.05, 4.69) is 5.32 Å². The number of aromatic hydroxyl groups is 1. The van der Waals surface area contributed by atoms with E-state index in [1.165, 1.54) is 12.8 Å². The molecule has 4 nitrogen and oxygen atoms in total. The van der Waals surface area contributed by atoms with Gasteiger partial charge in [0, 0.05) is 0 Å². The zero-order chi connectivity index (χ0) is 12.5. The van der Waals surface area contributed by atoms with Gasteiger partial charge < -0.3 is 10.8 Å². The van der Waals surface area contributed by atoms with Gasteiger partial charge in [-0.05, 0) is 49.9 Å². The fourth-order valence-corrected chi connectivity index (χ4v) is 1.82. The molecule has 4 heteroatoms. The van der Waals surface area contributed by atoms with Gasteiger partial charge in [-0.2, -0.15) is 0 Å². The molecule has 1 aromatic carbocycles. The Balaban J connectivity index is 2.22. The first kappa shape index (κ1) is 11.9. The molecule has 1 saturated carbocycles. The molecular formula is C13H18N2O2. The van der Waals surface area contributed by atoms with E-state index in [1.54, 1.807) is 31.2 Å². The molecule has 0 aromatic heterocycles. The predicted octanol–water partition coefficient (Wildman–Crippen LogP) is 1.09. The third kappa shape index (κ3) is 2.58. The molecule has 1 aromatic rings. The van der Waals surface area contributed by atoms with E-state index >= 15 is 0 Å². The van der Waals surface area contributed by atoms with Crippen molar-refractivity contribution in [3.8, 4) is 5.75 Å². The summed E-state index contributed by atoms with van der Waals surface area (Å²) in [5.74, 6) is 0.373. The molecule has 0 saturated heterocycles. The highest BCUT2D eigenvalue weighted by Crippen LogP contribution is 2.30. The second-order valence-electron chi connectivity index (χ2n) is 4.86. The van der Waals surface area contributed by atoms with Gasteiger partial charge in [0.2, 0.25) is 5.91 Å². The van der Waals surface area contributed by atoms with E-state index in [-0.39, 0.29) is 5.75 Å². The summed E-state index contributed by atoms with van der Waals surface area (Å²) in [6.07, 6.45) is 2.42. The molecule has 0 heterocycles. The van der Waals surface area contributed by atoms with Crippen molar-refractivity contribution in [2.24, 2.45) is 11.7 Å². The number of phenols is 1. The molecule has 4 N–H and O–H groups in total. The average Bonchev–Trinajstić information content (AvgIpc) is 3.09. The van der Waals surface area contributed by atoms with Gasteiger partial charge in [-0.1, -0.05) is 12.1 Å². The summed E-state index contributed by atoms with van der Waals surface area (Å²) in [6, 6.07) is 6.66. The second-order valence-corrected chi connectivity index (χ2v) is 4.86. The van der Waals surface area contributed by atoms with Crippen LogP contribution in [0.25, 0.3) is 0 Å². The number of primary amides is 1. The molecule has 1 amide bonds. The Morgan fingerprint density at radius 1 is 1.59 bits per heavy atom. The van der Waals surface area contributed by atoms with E-state index in [0.717, 1.165) is 6.54 Å². The molecule has 1 fully saturated rings. The van der Waals surface area contributed by atoms with Crippen molar-refractivity contribution in [3.63, 3.8) is 0 Å². The molecule has 0 spiro atoms. The maximum atomic E-state index is 11.6. The minimum atomic E-state index is -0.915. The molecule has 1 unspecified atom stereocenters. The molecule has 17 heavy (non-hydrogen) atoms. The first-order valence-electron chi connectivity index (χ1n) is 5.87. The van der Waals surface area contributed by atoms with Gasteiger partial charge in [0.05, 0.1) is 0 Å². The molecule has 0 aliphatic heterocycles. The average molecular weight is 234 g/mol. The largest absolute Gasteiger partial charge is 0.508 e. The number of hydrogen-bond donors (Lipinski definition) is 3. The van der Waals surface area contributed by atoms with E-state index in [4.69, 9.17) is 5.73 Å². The topological polar surface area (TPSA) is 75.3 Å². The molecule has 2 rings (SSSR count). The quantitative estimate of drug-likeness (QED) is 0.714. The number of amides is 1. The Kier molecular flexibility index (Phi) is 3.07. The van der Waals surface area contributed by atoms with Crippen molar-refractivity contribution < 1.29 is 9.90 Å². The number of rotatable bonds is 5. The van der Waals surface area contributed by atoms with E-state index in [0.29, 0.717) is 11.5 Å². The van der Waals surface area contributed by atoms with E-state index < -0.39 is 11.4 Å². The second kappa shape index (κ2) is 4.37. The summed E-state index contributed by atoms with van der Waals surface area (Å²) in [7, 11) is 0. The maximum Gasteiger partial charge on any atom is 0.242 e. The minimum Gasteiger partial charge on any atom is -0.508 e. The molecule has 1 atom stereocenters. The van der Waals surface area contributed by atoms with Gasteiger partial charge in [0.1, 0.15) is 11.3 Å². The number of phenolic OH excluding ortho intramolecular Hbond substituents is 1. The lowest BCUT2D eigenvalue weighted by atomic mass is 9.91. The highest BCUT2D eigenvalue weighted by atomic mass is 16.3. The van der Waals surface area contributed by atoms with Crippen LogP contribution in [0.2, 0.25) is 0 Å². The van der Waals surface area contributed by atoms with Crippen LogP contribution >= 0.6 is 0 Å². The van der Waals surface area contributed by atoms with Gasteiger partial charge in [0.25, 0.3) is 0 Å². The van der Waals surface area contributed by atoms with Crippen molar-refractivity contribution in [3.05, 3.63) is 29.8 Å². The number of hydrogen-bond acceptors (Lipinski definition) is 3. The van der Waals surface area contributed by atoms with Gasteiger partial charge in [-0.15, -0.1) is 0 Å². The number of nitrogens with one attached hydrogen (secondary N) is 1. The Labute approximate surface area is 101 Å². The lowest BCUT2D eigenvalue weighted by Crippen LogP contribution is -2.51. The van der Waals surface area contributed by atoms with Gasteiger partial charge in [-0.3, -0.25) is 10.1 Å². The van der Waals surface area contributed by atoms with Crippen LogP contribution in [-0.2, 0) is 10.3 Å². The van der Waals surface area contributed by atoms with Crippen LogP contribution in [0.4, 0.5) is 0 Å². The third-order valence-electron chi connectivity index (χ3n) is 3.36. The van der Waals surface area contributed by atoms with Crippen molar-refractivity contribution in [1.82, 2.24) is 5.32 Å². The van der Waals surface area contributed by atoms with Crippen LogP contribution in [0.15, 0.2) is 24.3 Å². The van der Waals surface area contributed by atoms with Crippen LogP contribution in [-0.4, -0.2) is 17.6 Å². The lowest BCUT2D eigenvalue weighted by molar-refractivity contribution is -0.124. The first-order chi connectivity index (χ1) is 8.02. The summed E-state index contributed by atoms with van der Waals surface area (Å²) in [5, 5.41) is 12.7. The zero-order valence-corrected chi connectivity index (χ0v) is 9.94. The Morgan fingerprint density at radius 2 is 2.29 bits per heavy atom. The first-order valence-corrected chi connectivity index (χ1v) is 5.87. The van der Waals surface area contributed by atoms with Crippen molar-refractivity contribution in [2.45, 2.75) is 25.3 Å². The summed E-state index contributed by atoms with van der Waals surface area (Å²) >= 11 is 0. The van der Waals surface area contributed by atoms with Gasteiger partial charge >= 0.3 is 0 Å². The van der Waals surface area contributed by atoms with Crippen LogP contribution in [0.1, 0.15) is 25.3 Å². The number of carbonyl (C=O) groups excluding carboxylic acids is 1. The van der Waals surface area contributed by atoms with Crippen molar-refractivity contribution >= 4 is 5.91 Å². The van der Waals surface area contributed by atoms with E-state index in [1.807, 2.05) is 0 Å². The fourth-order valence-electron chi connectivity index (χ4n) is 1.82. The molecule has 0 radical (unpaired) electrons. The summed E-state index contributed by atoms with van der Waals surface area (Å²) in [5.41, 5.74) is 5.26. The van der Waals surface area contributed by atoms with Crippen LogP contribution in [0.5, 0.6) is 5.75 Å². The highest BCUT2D eigenvalue weighted by molar-refractivity contribution is 5.85. The Morgan fingerprint density at radius 3 is 2.82 bits per heavy atom. The van der Waals surface area contributed by atoms with Crippen LogP contribution < -0.4 is 11.1 Å². The third-order valence-corrected chi connectivity index (χ3v) is 3.36. The maximum absolute atomic E-state index is 11.6. The smallest absolute Gasteiger partial charge is 0.242 e. The van der Waals surface area contributed by atoms with Crippen molar-refractivity contribution in [1.29, 1.82) is 0 Å². The molecule has 92 valence electrons. The van der Waals surface area contributed by atoms with E-state index in [9.17, 15) is 9.90 Å². The standard InChI is InChI=1S/C13H18N2O2/c1-13(12(14)17,15-8-9-5-6-9)10-3-2-4-11(16)7-10/h2-4,7,9,15-16H,5-6,8H2,1H3,(H2,14,17). The number of nitrogens with two attached hydrogens (primary N) is 1. The zero-order valence-electron chi connectivity index (χ0n) is 9.94. The summed E-state index contributed by atoms with van der Waals surface area (Å²) in [6.45, 7) is 2.54. The minimum absolute atomic E-state index is 0.142. The highest BCUT2D eigenvalue weighted by Gasteiger charge is 2.35. The molecule has 0 bridgehead atoms. The normalized spacial score (nSPS) is 18.6. The predicted molar refractivity (Wildman–Crippen MR) is 65.4 cm³/mol. The summed E-state index contributed by atoms with van der Waals surface area (Å²) in [4.78, 5) is 11.6. The summed E-state index contributed by atoms with van der Waals surface area (Å²) < 4.78 is 0. The number of benzene rings is 1. The molecule has 1 aliphatic rings.